The number of methoxy groups -OCH3 is 1. The molecule has 2 heterocycles. The molecular weight excluding hydrogens is 374 g/mol. The van der Waals surface area contributed by atoms with E-state index in [4.69, 9.17) is 9.47 Å². The van der Waals surface area contributed by atoms with Crippen molar-refractivity contribution in [2.45, 2.75) is 18.1 Å². The molecule has 146 valence electrons. The number of piperidine rings is 1. The Balaban J connectivity index is 1.55. The summed E-state index contributed by atoms with van der Waals surface area (Å²) in [4.78, 5) is 25.2. The van der Waals surface area contributed by atoms with Gasteiger partial charge in [-0.2, -0.15) is 0 Å². The summed E-state index contributed by atoms with van der Waals surface area (Å²) in [6, 6.07) is 5.39. The van der Waals surface area contributed by atoms with Crippen molar-refractivity contribution in [1.29, 1.82) is 0 Å². The highest BCUT2D eigenvalue weighted by atomic mass is 32.2. The highest BCUT2D eigenvalue weighted by molar-refractivity contribution is 7.92. The molecule has 3 rings (SSSR count). The number of carbonyl (C=O) groups excluding carboxylic acids is 2. The standard InChI is InChI=1S/C18H21NO7S/c1-24-18(21)11-27(22,23)14-6-8-19(9-7-14)17(20)5-3-13-2-4-15-16(10-13)26-12-25-15/h2-5,10,14H,6-9,11-12H2,1H3/b5-3+. The molecule has 0 bridgehead atoms. The third kappa shape index (κ3) is 4.60. The molecule has 2 aliphatic heterocycles. The van der Waals surface area contributed by atoms with Gasteiger partial charge in [0.05, 0.1) is 12.4 Å². The van der Waals surface area contributed by atoms with Crippen molar-refractivity contribution in [3.8, 4) is 11.5 Å². The van der Waals surface area contributed by atoms with Crippen LogP contribution in [0.4, 0.5) is 0 Å². The van der Waals surface area contributed by atoms with Crippen LogP contribution in [0.5, 0.6) is 11.5 Å². The van der Waals surface area contributed by atoms with E-state index in [9.17, 15) is 18.0 Å². The molecule has 0 atom stereocenters. The number of esters is 1. The molecule has 0 N–H and O–H groups in total. The molecule has 27 heavy (non-hydrogen) atoms. The van der Waals surface area contributed by atoms with Gasteiger partial charge in [0, 0.05) is 19.2 Å². The molecule has 0 spiro atoms. The Hall–Kier alpha value is -2.55. The molecule has 9 heteroatoms. The highest BCUT2D eigenvalue weighted by Gasteiger charge is 2.32. The smallest absolute Gasteiger partial charge is 0.320 e. The fraction of sp³-hybridized carbons (Fsp3) is 0.444. The van der Waals surface area contributed by atoms with Crippen LogP contribution in [0.2, 0.25) is 0 Å². The topological polar surface area (TPSA) is 99.2 Å². The number of benzene rings is 1. The monoisotopic (exact) mass is 395 g/mol. The Morgan fingerprint density at radius 2 is 1.93 bits per heavy atom. The first-order chi connectivity index (χ1) is 12.9. The molecule has 1 fully saturated rings. The summed E-state index contributed by atoms with van der Waals surface area (Å²) < 4.78 is 39.4. The van der Waals surface area contributed by atoms with Crippen LogP contribution in [0.15, 0.2) is 24.3 Å². The maximum atomic E-state index is 12.3. The fourth-order valence-corrected chi connectivity index (χ4v) is 4.68. The van der Waals surface area contributed by atoms with Crippen molar-refractivity contribution >= 4 is 27.8 Å². The number of fused-ring (bicyclic) bond motifs is 1. The summed E-state index contributed by atoms with van der Waals surface area (Å²) >= 11 is 0. The molecule has 1 aromatic carbocycles. The average Bonchev–Trinajstić information content (AvgIpc) is 3.13. The molecule has 8 nitrogen and oxygen atoms in total. The van der Waals surface area contributed by atoms with Gasteiger partial charge in [-0.3, -0.25) is 9.59 Å². The van der Waals surface area contributed by atoms with Gasteiger partial charge < -0.3 is 19.1 Å². The predicted molar refractivity (Wildman–Crippen MR) is 97.0 cm³/mol. The Labute approximate surface area is 157 Å². The number of carbonyl (C=O) groups is 2. The Morgan fingerprint density at radius 1 is 1.22 bits per heavy atom. The van der Waals surface area contributed by atoms with E-state index in [2.05, 4.69) is 4.74 Å². The molecular formula is C18H21NO7S. The lowest BCUT2D eigenvalue weighted by Gasteiger charge is -2.30. The summed E-state index contributed by atoms with van der Waals surface area (Å²) in [5.41, 5.74) is 0.808. The molecule has 1 saturated heterocycles. The van der Waals surface area contributed by atoms with Gasteiger partial charge in [0.15, 0.2) is 21.3 Å². The lowest BCUT2D eigenvalue weighted by molar-refractivity contribution is -0.137. The Kier molecular flexibility index (Phi) is 5.69. The third-order valence-corrected chi connectivity index (χ3v) is 6.75. The van der Waals surface area contributed by atoms with Crippen LogP contribution < -0.4 is 9.47 Å². The van der Waals surface area contributed by atoms with Crippen molar-refractivity contribution in [3.05, 3.63) is 29.8 Å². The zero-order valence-corrected chi connectivity index (χ0v) is 15.7. The Morgan fingerprint density at radius 3 is 2.63 bits per heavy atom. The summed E-state index contributed by atoms with van der Waals surface area (Å²) in [6.45, 7) is 0.847. The number of hydrogen-bond acceptors (Lipinski definition) is 7. The first-order valence-corrected chi connectivity index (χ1v) is 10.3. The SMILES string of the molecule is COC(=O)CS(=O)(=O)C1CCN(C(=O)/C=C/c2ccc3c(c2)OCO3)CC1. The zero-order valence-electron chi connectivity index (χ0n) is 14.9. The van der Waals surface area contributed by atoms with E-state index in [1.54, 1.807) is 23.1 Å². The van der Waals surface area contributed by atoms with E-state index >= 15 is 0 Å². The molecule has 0 aliphatic carbocycles. The van der Waals surface area contributed by atoms with Crippen LogP contribution in [-0.2, 0) is 24.2 Å². The second-order valence-corrected chi connectivity index (χ2v) is 8.64. The van der Waals surface area contributed by atoms with E-state index in [-0.39, 0.29) is 12.7 Å². The van der Waals surface area contributed by atoms with Crippen molar-refractivity contribution in [2.24, 2.45) is 0 Å². The van der Waals surface area contributed by atoms with Crippen LogP contribution >= 0.6 is 0 Å². The van der Waals surface area contributed by atoms with E-state index < -0.39 is 26.8 Å². The van der Waals surface area contributed by atoms with Crippen molar-refractivity contribution in [2.75, 3.05) is 32.7 Å². The van der Waals surface area contributed by atoms with Crippen molar-refractivity contribution in [1.82, 2.24) is 4.90 Å². The van der Waals surface area contributed by atoms with Crippen LogP contribution in [-0.4, -0.2) is 63.2 Å². The minimum Gasteiger partial charge on any atom is -0.468 e. The summed E-state index contributed by atoms with van der Waals surface area (Å²) in [7, 11) is -2.40. The van der Waals surface area contributed by atoms with Crippen LogP contribution in [0.1, 0.15) is 18.4 Å². The highest BCUT2D eigenvalue weighted by Crippen LogP contribution is 2.32. The first-order valence-electron chi connectivity index (χ1n) is 8.54. The van der Waals surface area contributed by atoms with Gasteiger partial charge in [-0.15, -0.1) is 0 Å². The van der Waals surface area contributed by atoms with Crippen LogP contribution in [0.25, 0.3) is 6.08 Å². The van der Waals surface area contributed by atoms with E-state index in [1.165, 1.54) is 6.08 Å². The normalized spacial score (nSPS) is 17.3. The molecule has 0 aromatic heterocycles. The lowest BCUT2D eigenvalue weighted by Crippen LogP contribution is -2.43. The molecule has 1 amide bonds. The molecule has 0 unspecified atom stereocenters. The lowest BCUT2D eigenvalue weighted by atomic mass is 10.1. The molecule has 0 radical (unpaired) electrons. The van der Waals surface area contributed by atoms with Crippen molar-refractivity contribution in [3.63, 3.8) is 0 Å². The van der Waals surface area contributed by atoms with Crippen LogP contribution in [0.3, 0.4) is 0 Å². The minimum atomic E-state index is -3.56. The quantitative estimate of drug-likeness (QED) is 0.542. The van der Waals surface area contributed by atoms with E-state index in [0.29, 0.717) is 37.4 Å². The van der Waals surface area contributed by atoms with Gasteiger partial charge in [0.25, 0.3) is 0 Å². The molecule has 1 aromatic rings. The second kappa shape index (κ2) is 7.99. The zero-order chi connectivity index (χ0) is 19.4. The van der Waals surface area contributed by atoms with Gasteiger partial charge >= 0.3 is 5.97 Å². The van der Waals surface area contributed by atoms with E-state index in [1.807, 2.05) is 6.07 Å². The maximum absolute atomic E-state index is 12.3. The minimum absolute atomic E-state index is 0.184. The second-order valence-electron chi connectivity index (χ2n) is 6.35. The Bertz CT molecular complexity index is 854. The number of likely N-dealkylation sites (tertiary alicyclic amines) is 1. The van der Waals surface area contributed by atoms with E-state index in [0.717, 1.165) is 12.7 Å². The maximum Gasteiger partial charge on any atom is 0.320 e. The molecule has 2 aliphatic rings. The largest absolute Gasteiger partial charge is 0.468 e. The third-order valence-electron chi connectivity index (χ3n) is 4.62. The number of hydrogen-bond donors (Lipinski definition) is 0. The number of rotatable bonds is 5. The summed E-state index contributed by atoms with van der Waals surface area (Å²) in [5.74, 6) is -0.252. The number of nitrogens with zero attached hydrogens (tertiary/aromatic N) is 1. The van der Waals surface area contributed by atoms with Gasteiger partial charge in [0.1, 0.15) is 5.75 Å². The average molecular weight is 395 g/mol. The molecule has 0 saturated carbocycles. The number of ether oxygens (including phenoxy) is 3. The predicted octanol–water partition coefficient (Wildman–Crippen LogP) is 1.01. The van der Waals surface area contributed by atoms with Gasteiger partial charge in [-0.1, -0.05) is 6.07 Å². The van der Waals surface area contributed by atoms with Gasteiger partial charge in [-0.05, 0) is 36.6 Å². The van der Waals surface area contributed by atoms with Gasteiger partial charge in [-0.25, -0.2) is 8.42 Å². The summed E-state index contributed by atoms with van der Waals surface area (Å²) in [6.07, 6.45) is 3.76. The fourth-order valence-electron chi connectivity index (χ4n) is 3.07. The number of sulfone groups is 1. The number of amides is 1. The van der Waals surface area contributed by atoms with Crippen molar-refractivity contribution < 1.29 is 32.2 Å². The first kappa shape index (κ1) is 19.2. The van der Waals surface area contributed by atoms with Crippen LogP contribution in [0, 0.1) is 0 Å². The van der Waals surface area contributed by atoms with Gasteiger partial charge in [0.2, 0.25) is 12.7 Å². The summed E-state index contributed by atoms with van der Waals surface area (Å²) in [5, 5.41) is -0.626.